The number of nitrogens with zero attached hydrogens (tertiary/aromatic N) is 1. The Balaban J connectivity index is 2.29. The van der Waals surface area contributed by atoms with Crippen molar-refractivity contribution in [2.24, 2.45) is 11.8 Å². The summed E-state index contributed by atoms with van der Waals surface area (Å²) in [6.07, 6.45) is 3.09. The van der Waals surface area contributed by atoms with Crippen molar-refractivity contribution in [3.63, 3.8) is 0 Å². The zero-order valence-electron chi connectivity index (χ0n) is 12.5. The van der Waals surface area contributed by atoms with E-state index >= 15 is 0 Å². The molecule has 0 saturated heterocycles. The van der Waals surface area contributed by atoms with Crippen LogP contribution in [0.3, 0.4) is 0 Å². The molecule has 21 heavy (non-hydrogen) atoms. The molecule has 1 amide bonds. The van der Waals surface area contributed by atoms with Gasteiger partial charge in [0.25, 0.3) is 0 Å². The van der Waals surface area contributed by atoms with E-state index in [1.54, 1.807) is 11.0 Å². The molecule has 1 aromatic carbocycles. The summed E-state index contributed by atoms with van der Waals surface area (Å²) in [6, 6.07) is 4.52. The van der Waals surface area contributed by atoms with Gasteiger partial charge in [0.15, 0.2) is 0 Å². The Hall–Kier alpha value is -2.04. The van der Waals surface area contributed by atoms with Gasteiger partial charge in [-0.2, -0.15) is 0 Å². The number of carboxylic acids is 1. The van der Waals surface area contributed by atoms with Crippen molar-refractivity contribution in [2.45, 2.75) is 33.1 Å². The first-order chi connectivity index (χ1) is 9.95. The number of carbonyl (C=O) groups excluding carboxylic acids is 1. The van der Waals surface area contributed by atoms with Crippen LogP contribution in [0.4, 0.5) is 11.4 Å². The lowest BCUT2D eigenvalue weighted by Gasteiger charge is -2.27. The van der Waals surface area contributed by atoms with Gasteiger partial charge in [-0.25, -0.2) is 4.79 Å². The average molecular weight is 290 g/mol. The van der Waals surface area contributed by atoms with Crippen molar-refractivity contribution in [1.82, 2.24) is 0 Å². The fourth-order valence-electron chi connectivity index (χ4n) is 3.09. The predicted octanol–water partition coefficient (Wildman–Crippen LogP) is 2.76. The van der Waals surface area contributed by atoms with Gasteiger partial charge in [-0.15, -0.1) is 0 Å². The third-order valence-corrected chi connectivity index (χ3v) is 4.33. The molecule has 0 spiro atoms. The second-order valence-corrected chi connectivity index (χ2v) is 5.68. The van der Waals surface area contributed by atoms with Crippen LogP contribution in [0.1, 0.15) is 43.5 Å². The van der Waals surface area contributed by atoms with Gasteiger partial charge in [0.1, 0.15) is 0 Å². The lowest BCUT2D eigenvalue weighted by molar-refractivity contribution is -0.123. The quantitative estimate of drug-likeness (QED) is 0.835. The number of carbonyl (C=O) groups is 2. The fourth-order valence-corrected chi connectivity index (χ4v) is 3.09. The number of nitrogen functional groups attached to an aromatic ring is 1. The maximum Gasteiger partial charge on any atom is 0.335 e. The number of rotatable bonds is 4. The molecule has 0 aliphatic heterocycles. The molecule has 1 aliphatic rings. The number of nitrogens with two attached hydrogens (primary N) is 1. The Morgan fingerprint density at radius 3 is 2.57 bits per heavy atom. The van der Waals surface area contributed by atoms with Gasteiger partial charge in [0.2, 0.25) is 5.91 Å². The molecule has 2 atom stereocenters. The molecule has 1 aliphatic carbocycles. The van der Waals surface area contributed by atoms with Crippen molar-refractivity contribution < 1.29 is 14.7 Å². The number of amides is 1. The average Bonchev–Trinajstić information content (AvgIpc) is 2.87. The van der Waals surface area contributed by atoms with Gasteiger partial charge < -0.3 is 15.7 Å². The number of hydrogen-bond donors (Lipinski definition) is 2. The Kier molecular flexibility index (Phi) is 4.50. The summed E-state index contributed by atoms with van der Waals surface area (Å²) in [4.78, 5) is 25.3. The van der Waals surface area contributed by atoms with Crippen LogP contribution < -0.4 is 10.6 Å². The minimum atomic E-state index is -1.02. The van der Waals surface area contributed by atoms with Crippen LogP contribution in [-0.4, -0.2) is 23.5 Å². The zero-order chi connectivity index (χ0) is 15.6. The van der Waals surface area contributed by atoms with Crippen molar-refractivity contribution in [3.8, 4) is 0 Å². The molecule has 0 bridgehead atoms. The Morgan fingerprint density at radius 2 is 2.10 bits per heavy atom. The second-order valence-electron chi connectivity index (χ2n) is 5.68. The summed E-state index contributed by atoms with van der Waals surface area (Å²) in [5.41, 5.74) is 7.02. The van der Waals surface area contributed by atoms with Gasteiger partial charge in [-0.05, 0) is 43.9 Å². The van der Waals surface area contributed by atoms with E-state index in [4.69, 9.17) is 10.8 Å². The summed E-state index contributed by atoms with van der Waals surface area (Å²) >= 11 is 0. The van der Waals surface area contributed by atoms with E-state index in [1.165, 1.54) is 12.1 Å². The van der Waals surface area contributed by atoms with Gasteiger partial charge >= 0.3 is 5.97 Å². The third kappa shape index (κ3) is 3.01. The van der Waals surface area contributed by atoms with Crippen molar-refractivity contribution in [3.05, 3.63) is 23.8 Å². The van der Waals surface area contributed by atoms with E-state index in [1.807, 2.05) is 6.92 Å². The number of hydrogen-bond acceptors (Lipinski definition) is 3. The summed E-state index contributed by atoms with van der Waals surface area (Å²) in [5.74, 6) is -0.487. The molecule has 2 unspecified atom stereocenters. The number of aromatic carboxylic acids is 1. The van der Waals surface area contributed by atoms with Crippen LogP contribution in [0, 0.1) is 11.8 Å². The second kappa shape index (κ2) is 6.16. The Morgan fingerprint density at radius 1 is 1.38 bits per heavy atom. The van der Waals surface area contributed by atoms with E-state index in [-0.39, 0.29) is 17.4 Å². The van der Waals surface area contributed by atoms with Crippen LogP contribution in [-0.2, 0) is 4.79 Å². The van der Waals surface area contributed by atoms with Crippen LogP contribution in [0.5, 0.6) is 0 Å². The molecule has 5 heteroatoms. The normalized spacial score (nSPS) is 21.2. The first-order valence-electron chi connectivity index (χ1n) is 7.39. The summed E-state index contributed by atoms with van der Waals surface area (Å²) in [6.45, 7) is 4.54. The minimum Gasteiger partial charge on any atom is -0.478 e. The Bertz CT molecular complexity index is 556. The predicted molar refractivity (Wildman–Crippen MR) is 82.3 cm³/mol. The number of anilines is 2. The van der Waals surface area contributed by atoms with Crippen LogP contribution in [0.2, 0.25) is 0 Å². The molecule has 5 nitrogen and oxygen atoms in total. The van der Waals surface area contributed by atoms with Crippen LogP contribution >= 0.6 is 0 Å². The molecule has 2 rings (SSSR count). The monoisotopic (exact) mass is 290 g/mol. The molecule has 114 valence electrons. The summed E-state index contributed by atoms with van der Waals surface area (Å²) < 4.78 is 0. The van der Waals surface area contributed by atoms with E-state index in [2.05, 4.69) is 6.92 Å². The Labute approximate surface area is 124 Å². The molecule has 0 aromatic heterocycles. The molecular weight excluding hydrogens is 268 g/mol. The summed E-state index contributed by atoms with van der Waals surface area (Å²) in [5, 5.41) is 8.98. The highest BCUT2D eigenvalue weighted by molar-refractivity contribution is 5.99. The largest absolute Gasteiger partial charge is 0.478 e. The highest BCUT2D eigenvalue weighted by Gasteiger charge is 2.33. The highest BCUT2D eigenvalue weighted by Crippen LogP contribution is 2.35. The molecule has 3 N–H and O–H groups in total. The van der Waals surface area contributed by atoms with E-state index in [9.17, 15) is 9.59 Å². The molecule has 1 aromatic rings. The van der Waals surface area contributed by atoms with Crippen molar-refractivity contribution >= 4 is 23.3 Å². The van der Waals surface area contributed by atoms with Crippen molar-refractivity contribution in [1.29, 1.82) is 0 Å². The number of benzene rings is 1. The SMILES string of the molecule is CCN(C(=O)C1CCCC1C)c1ccc(C(=O)O)cc1N. The maximum atomic E-state index is 12.7. The molecule has 1 saturated carbocycles. The van der Waals surface area contributed by atoms with Gasteiger partial charge in [0, 0.05) is 12.5 Å². The smallest absolute Gasteiger partial charge is 0.335 e. The van der Waals surface area contributed by atoms with Crippen molar-refractivity contribution in [2.75, 3.05) is 17.2 Å². The van der Waals surface area contributed by atoms with Gasteiger partial charge in [0.05, 0.1) is 16.9 Å². The van der Waals surface area contributed by atoms with E-state index in [0.29, 0.717) is 23.8 Å². The van der Waals surface area contributed by atoms with E-state index < -0.39 is 5.97 Å². The zero-order valence-corrected chi connectivity index (χ0v) is 12.5. The standard InChI is InChI=1S/C16H22N2O3/c1-3-18(15(19)12-6-4-5-10(12)2)14-8-7-11(16(20)21)9-13(14)17/h7-10,12H,3-6,17H2,1-2H3,(H,20,21). The lowest BCUT2D eigenvalue weighted by Crippen LogP contribution is -2.37. The van der Waals surface area contributed by atoms with E-state index in [0.717, 1.165) is 19.3 Å². The maximum absolute atomic E-state index is 12.7. The lowest BCUT2D eigenvalue weighted by atomic mass is 9.96. The summed E-state index contributed by atoms with van der Waals surface area (Å²) in [7, 11) is 0. The third-order valence-electron chi connectivity index (χ3n) is 4.33. The highest BCUT2D eigenvalue weighted by atomic mass is 16.4. The molecule has 0 radical (unpaired) electrons. The minimum absolute atomic E-state index is 0.0449. The molecule has 0 heterocycles. The van der Waals surface area contributed by atoms with Gasteiger partial charge in [-0.1, -0.05) is 13.3 Å². The van der Waals surface area contributed by atoms with Crippen LogP contribution in [0.15, 0.2) is 18.2 Å². The number of carboxylic acid groups (broad SMARTS) is 1. The first kappa shape index (κ1) is 15.4. The topological polar surface area (TPSA) is 83.6 Å². The first-order valence-corrected chi connectivity index (χ1v) is 7.39. The van der Waals surface area contributed by atoms with Crippen LogP contribution in [0.25, 0.3) is 0 Å². The molecular formula is C16H22N2O3. The molecule has 1 fully saturated rings. The fraction of sp³-hybridized carbons (Fsp3) is 0.500. The van der Waals surface area contributed by atoms with Gasteiger partial charge in [-0.3, -0.25) is 4.79 Å².